The van der Waals surface area contributed by atoms with Crippen LogP contribution >= 0.6 is 0 Å². The molecule has 0 radical (unpaired) electrons. The van der Waals surface area contributed by atoms with Gasteiger partial charge in [0.1, 0.15) is 5.56 Å². The van der Waals surface area contributed by atoms with E-state index >= 15 is 4.39 Å². The van der Waals surface area contributed by atoms with Crippen LogP contribution < -0.4 is 14.9 Å². The fourth-order valence-corrected chi connectivity index (χ4v) is 5.45. The molecular weight excluding hydrogens is 441 g/mol. The van der Waals surface area contributed by atoms with Crippen molar-refractivity contribution in [3.05, 3.63) is 45.5 Å². The third kappa shape index (κ3) is 3.98. The fourth-order valence-electron chi connectivity index (χ4n) is 5.45. The lowest BCUT2D eigenvalue weighted by molar-refractivity contribution is 0.0522. The van der Waals surface area contributed by atoms with Gasteiger partial charge in [0.2, 0.25) is 5.43 Å². The maximum atomic E-state index is 15.7. The predicted octanol–water partition coefficient (Wildman–Crippen LogP) is 4.71. The van der Waals surface area contributed by atoms with Crippen molar-refractivity contribution in [3.8, 4) is 22.8 Å². The highest BCUT2D eigenvalue weighted by Crippen LogP contribution is 2.60. The zero-order chi connectivity index (χ0) is 24.6. The number of hydrogen-bond donors (Lipinski definition) is 0. The van der Waals surface area contributed by atoms with Crippen molar-refractivity contribution in [3.63, 3.8) is 0 Å². The minimum atomic E-state index is -0.955. The second kappa shape index (κ2) is 9.41. The minimum Gasteiger partial charge on any atom is -0.493 e. The molecule has 1 fully saturated rings. The van der Waals surface area contributed by atoms with Crippen LogP contribution in [0.25, 0.3) is 11.3 Å². The molecule has 2 aliphatic rings. The van der Waals surface area contributed by atoms with Gasteiger partial charge in [-0.05, 0) is 42.9 Å². The number of nitrogens with zero attached hydrogens (tertiary/aromatic N) is 1. The molecule has 1 aliphatic heterocycles. The number of carbonyl (C=O) groups excluding carboxylic acids is 1. The molecule has 2 unspecified atom stereocenters. The van der Waals surface area contributed by atoms with Gasteiger partial charge >= 0.3 is 5.97 Å². The van der Waals surface area contributed by atoms with Gasteiger partial charge in [-0.25, -0.2) is 9.18 Å². The smallest absolute Gasteiger partial charge is 0.343 e. The Morgan fingerprint density at radius 1 is 1.21 bits per heavy atom. The third-order valence-corrected chi connectivity index (χ3v) is 7.00. The molecule has 4 rings (SSSR count). The molecule has 0 saturated heterocycles. The molecule has 34 heavy (non-hydrogen) atoms. The van der Waals surface area contributed by atoms with Crippen LogP contribution in [-0.4, -0.2) is 44.6 Å². The highest BCUT2D eigenvalue weighted by molar-refractivity contribution is 5.89. The fraction of sp³-hybridized carbons (Fsp3) is 0.538. The SMILES string of the molecule is CCOC(=O)c1cn2c(c(F)c1=O)-c1cc(OC)c(OCCCOC)cc1C1CCC(C)(C)C12. The summed E-state index contributed by atoms with van der Waals surface area (Å²) in [5.74, 6) is -0.650. The lowest BCUT2D eigenvalue weighted by Crippen LogP contribution is -2.34. The quantitative estimate of drug-likeness (QED) is 0.408. The molecule has 0 spiro atoms. The average Bonchev–Trinajstić information content (AvgIpc) is 3.13. The number of benzene rings is 1. The second-order valence-corrected chi connectivity index (χ2v) is 9.53. The van der Waals surface area contributed by atoms with E-state index in [-0.39, 0.29) is 35.2 Å². The maximum Gasteiger partial charge on any atom is 0.343 e. The van der Waals surface area contributed by atoms with Crippen LogP contribution in [0.5, 0.6) is 11.5 Å². The molecule has 0 N–H and O–H groups in total. The lowest BCUT2D eigenvalue weighted by atomic mass is 9.77. The van der Waals surface area contributed by atoms with Gasteiger partial charge in [-0.3, -0.25) is 4.79 Å². The summed E-state index contributed by atoms with van der Waals surface area (Å²) in [5.41, 5.74) is 0.282. The van der Waals surface area contributed by atoms with Crippen molar-refractivity contribution in [1.82, 2.24) is 4.57 Å². The third-order valence-electron chi connectivity index (χ3n) is 7.00. The summed E-state index contributed by atoms with van der Waals surface area (Å²) in [7, 11) is 3.17. The van der Waals surface area contributed by atoms with Gasteiger partial charge < -0.3 is 23.5 Å². The van der Waals surface area contributed by atoms with Crippen molar-refractivity contribution in [1.29, 1.82) is 0 Å². The van der Waals surface area contributed by atoms with Gasteiger partial charge in [-0.15, -0.1) is 0 Å². The topological polar surface area (TPSA) is 76.0 Å². The van der Waals surface area contributed by atoms with Crippen LogP contribution in [0, 0.1) is 11.2 Å². The first-order chi connectivity index (χ1) is 16.2. The lowest BCUT2D eigenvalue weighted by Gasteiger charge is -2.40. The van der Waals surface area contributed by atoms with Crippen molar-refractivity contribution in [2.75, 3.05) is 34.0 Å². The number of rotatable bonds is 8. The van der Waals surface area contributed by atoms with E-state index in [1.807, 2.05) is 6.07 Å². The van der Waals surface area contributed by atoms with Crippen LogP contribution in [-0.2, 0) is 9.47 Å². The van der Waals surface area contributed by atoms with E-state index in [2.05, 4.69) is 13.8 Å². The Balaban J connectivity index is 1.92. The zero-order valence-electron chi connectivity index (χ0n) is 20.4. The summed E-state index contributed by atoms with van der Waals surface area (Å²) in [4.78, 5) is 25.3. The van der Waals surface area contributed by atoms with Crippen molar-refractivity contribution in [2.45, 2.75) is 52.0 Å². The summed E-state index contributed by atoms with van der Waals surface area (Å²) >= 11 is 0. The van der Waals surface area contributed by atoms with E-state index in [0.717, 1.165) is 24.8 Å². The summed E-state index contributed by atoms with van der Waals surface area (Å²) in [5, 5.41) is 0. The highest BCUT2D eigenvalue weighted by Gasteiger charge is 2.48. The molecule has 2 aromatic rings. The van der Waals surface area contributed by atoms with Crippen LogP contribution in [0.15, 0.2) is 23.1 Å². The second-order valence-electron chi connectivity index (χ2n) is 9.53. The molecule has 8 heteroatoms. The van der Waals surface area contributed by atoms with E-state index in [4.69, 9.17) is 18.9 Å². The standard InChI is InChI=1S/C26H32FNO6/c1-6-33-25(30)18-14-28-22(21(27)23(18)29)17-13-19(32-5)20(34-11-7-10-31-4)12-16(17)15-8-9-26(2,3)24(15)28/h12-15,24H,6-11H2,1-5H3. The highest BCUT2D eigenvalue weighted by atomic mass is 19.1. The van der Waals surface area contributed by atoms with Crippen LogP contribution in [0.1, 0.15) is 67.9 Å². The molecule has 184 valence electrons. The molecule has 0 bridgehead atoms. The number of esters is 1. The van der Waals surface area contributed by atoms with E-state index in [1.165, 1.54) is 13.3 Å². The summed E-state index contributed by atoms with van der Waals surface area (Å²) in [6.45, 7) is 7.06. The van der Waals surface area contributed by atoms with E-state index in [9.17, 15) is 9.59 Å². The molecule has 2 atom stereocenters. The predicted molar refractivity (Wildman–Crippen MR) is 125 cm³/mol. The number of hydrogen-bond acceptors (Lipinski definition) is 6. The average molecular weight is 474 g/mol. The molecule has 1 aromatic heterocycles. The Bertz CT molecular complexity index is 1150. The van der Waals surface area contributed by atoms with Gasteiger partial charge in [0.05, 0.1) is 26.0 Å². The molecule has 1 aliphatic carbocycles. The zero-order valence-corrected chi connectivity index (χ0v) is 20.4. The van der Waals surface area contributed by atoms with E-state index < -0.39 is 17.2 Å². The van der Waals surface area contributed by atoms with Gasteiger partial charge in [-0.2, -0.15) is 0 Å². The number of methoxy groups -OCH3 is 2. The summed E-state index contributed by atoms with van der Waals surface area (Å²) in [6.07, 6.45) is 4.01. The Hall–Kier alpha value is -2.87. The van der Waals surface area contributed by atoms with Crippen LogP contribution in [0.3, 0.4) is 0 Å². The Labute approximate surface area is 198 Å². The Kier molecular flexibility index (Phi) is 6.71. The normalized spacial score (nSPS) is 19.7. The molecular formula is C26H32FNO6. The van der Waals surface area contributed by atoms with E-state index in [1.54, 1.807) is 24.7 Å². The first kappa shape index (κ1) is 24.3. The Morgan fingerprint density at radius 2 is 1.97 bits per heavy atom. The number of pyridine rings is 1. The Morgan fingerprint density at radius 3 is 2.65 bits per heavy atom. The summed E-state index contributed by atoms with van der Waals surface area (Å²) < 4.78 is 39.2. The maximum absolute atomic E-state index is 15.7. The number of carbonyl (C=O) groups is 1. The van der Waals surface area contributed by atoms with Gasteiger partial charge in [-0.1, -0.05) is 13.8 Å². The van der Waals surface area contributed by atoms with E-state index in [0.29, 0.717) is 30.3 Å². The van der Waals surface area contributed by atoms with Crippen LogP contribution in [0.4, 0.5) is 4.39 Å². The molecule has 2 heterocycles. The first-order valence-electron chi connectivity index (χ1n) is 11.7. The summed E-state index contributed by atoms with van der Waals surface area (Å²) in [6, 6.07) is 3.53. The monoisotopic (exact) mass is 473 g/mol. The molecule has 7 nitrogen and oxygen atoms in total. The number of aromatic nitrogens is 1. The molecule has 0 amide bonds. The van der Waals surface area contributed by atoms with Gasteiger partial charge in [0.15, 0.2) is 17.3 Å². The first-order valence-corrected chi connectivity index (χ1v) is 11.7. The van der Waals surface area contributed by atoms with Crippen molar-refractivity contribution in [2.24, 2.45) is 5.41 Å². The number of fused-ring (bicyclic) bond motifs is 6. The minimum absolute atomic E-state index is 0.0710. The van der Waals surface area contributed by atoms with Gasteiger partial charge in [0, 0.05) is 43.9 Å². The largest absolute Gasteiger partial charge is 0.493 e. The molecule has 1 aromatic carbocycles. The number of ether oxygens (including phenoxy) is 4. The van der Waals surface area contributed by atoms with Crippen molar-refractivity contribution < 1.29 is 28.1 Å². The van der Waals surface area contributed by atoms with Gasteiger partial charge in [0.25, 0.3) is 0 Å². The van der Waals surface area contributed by atoms with Crippen LogP contribution in [0.2, 0.25) is 0 Å². The number of halogens is 1. The van der Waals surface area contributed by atoms with Crippen molar-refractivity contribution >= 4 is 5.97 Å². The molecule has 1 saturated carbocycles.